The Bertz CT molecular complexity index is 504. The molecule has 0 aliphatic heterocycles. The van der Waals surface area contributed by atoms with Crippen LogP contribution in [-0.4, -0.2) is 24.0 Å². The van der Waals surface area contributed by atoms with Gasteiger partial charge in [-0.1, -0.05) is 168 Å². The molecule has 0 saturated heterocycles. The maximum atomic E-state index is 12.3. The lowest BCUT2D eigenvalue weighted by molar-refractivity contribution is -0.126. The summed E-state index contributed by atoms with van der Waals surface area (Å²) in [6.07, 6.45) is 41.8. The molecule has 0 fully saturated rings. The summed E-state index contributed by atoms with van der Waals surface area (Å²) in [5.74, 6) is 0.212. The van der Waals surface area contributed by atoms with E-state index in [2.05, 4.69) is 43.4 Å². The molecule has 1 N–H and O–H groups in total. The van der Waals surface area contributed by atoms with Crippen LogP contribution >= 0.6 is 0 Å². The van der Waals surface area contributed by atoms with Crippen molar-refractivity contribution >= 4 is 5.91 Å². The van der Waals surface area contributed by atoms with Crippen LogP contribution in [0.1, 0.15) is 201 Å². The van der Waals surface area contributed by atoms with E-state index in [0.29, 0.717) is 6.42 Å². The molecule has 0 aliphatic carbocycles. The van der Waals surface area contributed by atoms with Gasteiger partial charge in [-0.15, -0.1) is 0 Å². The number of rotatable bonds is 32. The fourth-order valence-corrected chi connectivity index (χ4v) is 5.38. The molecule has 0 rings (SSSR count). The fourth-order valence-electron chi connectivity index (χ4n) is 5.38. The summed E-state index contributed by atoms with van der Waals surface area (Å²) < 4.78 is 0. The molecule has 0 unspecified atom stereocenters. The van der Waals surface area contributed by atoms with Gasteiger partial charge < -0.3 is 0 Å². The van der Waals surface area contributed by atoms with E-state index in [-0.39, 0.29) is 5.91 Å². The van der Waals surface area contributed by atoms with E-state index in [1.54, 1.807) is 0 Å². The molecule has 0 aromatic carbocycles. The number of hydrazine groups is 1. The molecule has 0 spiro atoms. The van der Waals surface area contributed by atoms with Crippen molar-refractivity contribution in [1.29, 1.82) is 0 Å². The van der Waals surface area contributed by atoms with Gasteiger partial charge >= 0.3 is 0 Å². The second-order valence-electron chi connectivity index (χ2n) is 12.0. The number of amides is 1. The number of allylic oxidation sites excluding steroid dienone is 2. The SMILES string of the molecule is CCCCCCCC/C=C\CCCCCCCCN(CC)NC(=O)CCCCCCCCCCCCCCC. The number of hydrogen-bond donors (Lipinski definition) is 1. The summed E-state index contributed by atoms with van der Waals surface area (Å²) in [6.45, 7) is 8.60. The number of carbonyl (C=O) groups excluding carboxylic acids is 1. The first-order chi connectivity index (χ1) is 19.2. The average Bonchev–Trinajstić information content (AvgIpc) is 2.94. The molecule has 1 amide bonds. The molecular formula is C36H72N2O. The van der Waals surface area contributed by atoms with Gasteiger partial charge in [-0.2, -0.15) is 0 Å². The molecule has 232 valence electrons. The summed E-state index contributed by atoms with van der Waals surface area (Å²) in [4.78, 5) is 12.3. The van der Waals surface area contributed by atoms with Crippen LogP contribution in [0.4, 0.5) is 0 Å². The number of carbonyl (C=O) groups is 1. The molecule has 0 radical (unpaired) electrons. The van der Waals surface area contributed by atoms with E-state index in [0.717, 1.165) is 19.5 Å². The first-order valence-corrected chi connectivity index (χ1v) is 17.9. The highest BCUT2D eigenvalue weighted by Crippen LogP contribution is 2.13. The monoisotopic (exact) mass is 549 g/mol. The lowest BCUT2D eigenvalue weighted by atomic mass is 10.0. The van der Waals surface area contributed by atoms with Crippen molar-refractivity contribution in [2.45, 2.75) is 201 Å². The Balaban J connectivity index is 3.44. The van der Waals surface area contributed by atoms with Gasteiger partial charge in [-0.3, -0.25) is 10.2 Å². The smallest absolute Gasteiger partial charge is 0.234 e. The predicted octanol–water partition coefficient (Wildman–Crippen LogP) is 11.9. The Morgan fingerprint density at radius 1 is 0.487 bits per heavy atom. The third-order valence-electron chi connectivity index (χ3n) is 8.11. The zero-order valence-electron chi connectivity index (χ0n) is 27.2. The lowest BCUT2D eigenvalue weighted by Crippen LogP contribution is -2.42. The second kappa shape index (κ2) is 33.4. The van der Waals surface area contributed by atoms with Crippen molar-refractivity contribution in [1.82, 2.24) is 10.4 Å². The second-order valence-corrected chi connectivity index (χ2v) is 12.0. The fraction of sp³-hybridized carbons (Fsp3) is 0.917. The van der Waals surface area contributed by atoms with E-state index in [1.165, 1.54) is 167 Å². The third kappa shape index (κ3) is 31.6. The lowest BCUT2D eigenvalue weighted by Gasteiger charge is -2.21. The standard InChI is InChI=1S/C36H72N2O/c1-4-7-9-11-13-15-17-19-20-21-23-25-27-29-31-33-35-38(6-3)37-36(39)34-32-30-28-26-24-22-18-16-14-12-10-8-5-2/h19-20H,4-18,21-35H2,1-3H3,(H,37,39)/b20-19-. The summed E-state index contributed by atoms with van der Waals surface area (Å²) in [5.41, 5.74) is 3.15. The normalized spacial score (nSPS) is 11.7. The zero-order chi connectivity index (χ0) is 28.5. The van der Waals surface area contributed by atoms with Crippen molar-refractivity contribution < 1.29 is 4.79 Å². The number of hydrogen-bond acceptors (Lipinski definition) is 2. The highest BCUT2D eigenvalue weighted by molar-refractivity contribution is 5.75. The Hall–Kier alpha value is -0.830. The Labute approximate surface area is 246 Å². The number of unbranched alkanes of at least 4 members (excludes halogenated alkanes) is 24. The van der Waals surface area contributed by atoms with E-state index in [9.17, 15) is 4.79 Å². The molecule has 3 nitrogen and oxygen atoms in total. The van der Waals surface area contributed by atoms with Crippen LogP contribution in [-0.2, 0) is 4.79 Å². The molecule has 39 heavy (non-hydrogen) atoms. The topological polar surface area (TPSA) is 32.3 Å². The Kier molecular flexibility index (Phi) is 32.7. The number of nitrogens with zero attached hydrogens (tertiary/aromatic N) is 1. The van der Waals surface area contributed by atoms with Crippen LogP contribution in [0.15, 0.2) is 12.2 Å². The van der Waals surface area contributed by atoms with Crippen molar-refractivity contribution in [2.24, 2.45) is 0 Å². The molecule has 0 aromatic heterocycles. The minimum Gasteiger partial charge on any atom is -0.289 e. The molecular weight excluding hydrogens is 476 g/mol. The van der Waals surface area contributed by atoms with Gasteiger partial charge in [0.1, 0.15) is 0 Å². The summed E-state index contributed by atoms with van der Waals surface area (Å²) in [5, 5.41) is 2.12. The minimum atomic E-state index is 0.212. The maximum Gasteiger partial charge on any atom is 0.234 e. The van der Waals surface area contributed by atoms with Gasteiger partial charge in [0.15, 0.2) is 0 Å². The van der Waals surface area contributed by atoms with Crippen molar-refractivity contribution in [3.05, 3.63) is 12.2 Å². The predicted molar refractivity (Wildman–Crippen MR) is 175 cm³/mol. The van der Waals surface area contributed by atoms with Crippen LogP contribution in [0.3, 0.4) is 0 Å². The van der Waals surface area contributed by atoms with Gasteiger partial charge in [0.25, 0.3) is 0 Å². The number of nitrogens with one attached hydrogen (secondary N) is 1. The molecule has 0 saturated carbocycles. The van der Waals surface area contributed by atoms with Gasteiger partial charge in [-0.25, -0.2) is 5.01 Å². The average molecular weight is 549 g/mol. The highest BCUT2D eigenvalue weighted by atomic mass is 16.2. The van der Waals surface area contributed by atoms with Crippen molar-refractivity contribution in [3.63, 3.8) is 0 Å². The van der Waals surface area contributed by atoms with Crippen LogP contribution in [0.2, 0.25) is 0 Å². The van der Waals surface area contributed by atoms with Gasteiger partial charge in [0.05, 0.1) is 0 Å². The summed E-state index contributed by atoms with van der Waals surface area (Å²) in [6, 6.07) is 0. The molecule has 0 aromatic rings. The van der Waals surface area contributed by atoms with Crippen LogP contribution < -0.4 is 5.43 Å². The van der Waals surface area contributed by atoms with Crippen LogP contribution in [0.25, 0.3) is 0 Å². The minimum absolute atomic E-state index is 0.212. The van der Waals surface area contributed by atoms with Crippen LogP contribution in [0, 0.1) is 0 Å². The van der Waals surface area contributed by atoms with Gasteiger partial charge in [0, 0.05) is 19.5 Å². The largest absolute Gasteiger partial charge is 0.289 e. The molecule has 0 atom stereocenters. The molecule has 0 aliphatic rings. The van der Waals surface area contributed by atoms with Crippen molar-refractivity contribution in [2.75, 3.05) is 13.1 Å². The maximum absolute atomic E-state index is 12.3. The van der Waals surface area contributed by atoms with Crippen LogP contribution in [0.5, 0.6) is 0 Å². The summed E-state index contributed by atoms with van der Waals surface area (Å²) >= 11 is 0. The van der Waals surface area contributed by atoms with Crippen molar-refractivity contribution in [3.8, 4) is 0 Å². The first kappa shape index (κ1) is 38.2. The van der Waals surface area contributed by atoms with E-state index >= 15 is 0 Å². The quantitative estimate of drug-likeness (QED) is 0.0515. The molecule has 3 heteroatoms. The molecule has 0 bridgehead atoms. The van der Waals surface area contributed by atoms with E-state index in [1.807, 2.05) is 0 Å². The first-order valence-electron chi connectivity index (χ1n) is 17.9. The molecule has 0 heterocycles. The van der Waals surface area contributed by atoms with E-state index in [4.69, 9.17) is 0 Å². The third-order valence-corrected chi connectivity index (χ3v) is 8.11. The van der Waals surface area contributed by atoms with Gasteiger partial charge in [-0.05, 0) is 38.5 Å². The Morgan fingerprint density at radius 3 is 1.26 bits per heavy atom. The summed E-state index contributed by atoms with van der Waals surface area (Å²) in [7, 11) is 0. The van der Waals surface area contributed by atoms with E-state index < -0.39 is 0 Å². The zero-order valence-corrected chi connectivity index (χ0v) is 27.2. The highest BCUT2D eigenvalue weighted by Gasteiger charge is 2.07. The van der Waals surface area contributed by atoms with Gasteiger partial charge in [0.2, 0.25) is 5.91 Å². The Morgan fingerprint density at radius 2 is 0.846 bits per heavy atom.